The molecule has 18 heavy (non-hydrogen) atoms. The monoisotopic (exact) mass is 259 g/mol. The second-order valence-corrected chi connectivity index (χ2v) is 4.28. The topological polar surface area (TPSA) is 103 Å². The molecule has 100 valence electrons. The molecule has 0 aliphatic carbocycles. The molecule has 2 rings (SSSR count). The Morgan fingerprint density at radius 1 is 1.44 bits per heavy atom. The van der Waals surface area contributed by atoms with Crippen LogP contribution in [0.1, 0.15) is 17.4 Å². The van der Waals surface area contributed by atoms with Gasteiger partial charge in [0.1, 0.15) is 30.2 Å². The fourth-order valence-corrected chi connectivity index (χ4v) is 2.15. The zero-order valence-corrected chi connectivity index (χ0v) is 9.63. The van der Waals surface area contributed by atoms with E-state index >= 15 is 0 Å². The van der Waals surface area contributed by atoms with Crippen molar-refractivity contribution in [3.63, 3.8) is 0 Å². The van der Waals surface area contributed by atoms with Crippen molar-refractivity contribution in [3.8, 4) is 0 Å². The van der Waals surface area contributed by atoms with Gasteiger partial charge >= 0.3 is 0 Å². The molecule has 0 aromatic carbocycles. The number of nitrogens with one attached hydrogen (secondary N) is 1. The van der Waals surface area contributed by atoms with E-state index in [9.17, 15) is 19.4 Å². The van der Waals surface area contributed by atoms with E-state index in [1.807, 2.05) is 0 Å². The van der Waals surface area contributed by atoms with Crippen molar-refractivity contribution in [2.24, 2.45) is 0 Å². The van der Waals surface area contributed by atoms with Crippen molar-refractivity contribution in [1.29, 1.82) is 0 Å². The number of aryl methyl sites for hydroxylation is 1. The predicted molar refractivity (Wildman–Crippen MR) is 58.5 cm³/mol. The van der Waals surface area contributed by atoms with E-state index in [2.05, 4.69) is 4.98 Å². The van der Waals surface area contributed by atoms with Crippen LogP contribution in [-0.4, -0.2) is 45.2 Å². The minimum atomic E-state index is -1.36. The van der Waals surface area contributed by atoms with E-state index in [0.29, 0.717) is 0 Å². The minimum Gasteiger partial charge on any atom is -0.394 e. The summed E-state index contributed by atoms with van der Waals surface area (Å²) in [5.74, 6) is -0.814. The van der Waals surface area contributed by atoms with E-state index in [4.69, 9.17) is 9.84 Å². The van der Waals surface area contributed by atoms with Gasteiger partial charge in [0.2, 0.25) is 0 Å². The Morgan fingerprint density at radius 2 is 2.11 bits per heavy atom. The Kier molecular flexibility index (Phi) is 3.49. The lowest BCUT2D eigenvalue weighted by Crippen LogP contribution is -2.32. The fraction of sp³-hybridized carbons (Fsp3) is 0.545. The predicted octanol–water partition coefficient (Wildman–Crippen LogP) is -1.02. The highest BCUT2D eigenvalue weighted by Crippen LogP contribution is 2.35. The molecule has 7 heteroatoms. The lowest BCUT2D eigenvalue weighted by atomic mass is 10.00. The van der Waals surface area contributed by atoms with Gasteiger partial charge in [0.25, 0.3) is 5.56 Å². The van der Waals surface area contributed by atoms with E-state index in [1.54, 1.807) is 0 Å². The molecule has 2 heterocycles. The van der Waals surface area contributed by atoms with Gasteiger partial charge in [0.15, 0.2) is 0 Å². The number of hydrogen-bond donors (Lipinski definition) is 4. The van der Waals surface area contributed by atoms with Crippen LogP contribution >= 0.6 is 0 Å². The Hall–Kier alpha value is -1.28. The first kappa shape index (κ1) is 13.2. The van der Waals surface area contributed by atoms with Gasteiger partial charge in [-0.15, -0.1) is 0 Å². The van der Waals surface area contributed by atoms with Crippen LogP contribution in [0.4, 0.5) is 4.39 Å². The molecule has 1 aromatic rings. The number of halogens is 1. The van der Waals surface area contributed by atoms with Crippen molar-refractivity contribution in [2.45, 2.75) is 31.3 Å². The van der Waals surface area contributed by atoms with Crippen LogP contribution in [0, 0.1) is 12.7 Å². The summed E-state index contributed by atoms with van der Waals surface area (Å²) in [6.45, 7) is 0.979. The van der Waals surface area contributed by atoms with Gasteiger partial charge in [-0.1, -0.05) is 0 Å². The Bertz CT molecular complexity index is 476. The van der Waals surface area contributed by atoms with E-state index in [0.717, 1.165) is 6.07 Å². The van der Waals surface area contributed by atoms with Crippen LogP contribution in [0.5, 0.6) is 0 Å². The highest BCUT2D eigenvalue weighted by atomic mass is 19.1. The van der Waals surface area contributed by atoms with Crippen LogP contribution in [0.25, 0.3) is 0 Å². The summed E-state index contributed by atoms with van der Waals surface area (Å²) in [5.41, 5.74) is -0.396. The summed E-state index contributed by atoms with van der Waals surface area (Å²) in [6, 6.07) is 0.747. The van der Waals surface area contributed by atoms with Gasteiger partial charge in [0.05, 0.1) is 6.61 Å². The number of pyridine rings is 1. The molecule has 1 saturated heterocycles. The number of ether oxygens (including phenoxy) is 1. The van der Waals surface area contributed by atoms with Gasteiger partial charge in [0, 0.05) is 17.3 Å². The molecule has 0 spiro atoms. The number of aromatic nitrogens is 1. The van der Waals surface area contributed by atoms with Gasteiger partial charge in [-0.25, -0.2) is 4.39 Å². The third kappa shape index (κ3) is 2.05. The average Bonchev–Trinajstić information content (AvgIpc) is 2.56. The maximum absolute atomic E-state index is 13.7. The number of aromatic amines is 1. The molecule has 1 aromatic heterocycles. The summed E-state index contributed by atoms with van der Waals surface area (Å²) in [5, 5.41) is 28.3. The third-order valence-electron chi connectivity index (χ3n) is 3.06. The number of rotatable bonds is 2. The maximum Gasteiger partial charge on any atom is 0.251 e. The maximum atomic E-state index is 13.7. The molecular formula is C11H14FNO5. The molecule has 4 N–H and O–H groups in total. The van der Waals surface area contributed by atoms with Gasteiger partial charge in [-0.05, 0) is 6.92 Å². The summed E-state index contributed by atoms with van der Waals surface area (Å²) < 4.78 is 19.0. The molecule has 1 aliphatic heterocycles. The van der Waals surface area contributed by atoms with Crippen molar-refractivity contribution >= 4 is 0 Å². The molecular weight excluding hydrogens is 245 g/mol. The van der Waals surface area contributed by atoms with Crippen LogP contribution < -0.4 is 5.56 Å². The number of aliphatic hydroxyl groups excluding tert-OH is 3. The van der Waals surface area contributed by atoms with Crippen LogP contribution in [0.3, 0.4) is 0 Å². The lowest BCUT2D eigenvalue weighted by Gasteiger charge is -2.17. The van der Waals surface area contributed by atoms with Gasteiger partial charge in [-0.3, -0.25) is 4.79 Å². The Labute approximate surface area is 102 Å². The second-order valence-electron chi connectivity index (χ2n) is 4.28. The number of aliphatic hydroxyl groups is 3. The van der Waals surface area contributed by atoms with Gasteiger partial charge < -0.3 is 25.0 Å². The summed E-state index contributed by atoms with van der Waals surface area (Å²) >= 11 is 0. The number of H-pyrrole nitrogens is 1. The minimum absolute atomic E-state index is 0.0166. The Balaban J connectivity index is 2.41. The highest BCUT2D eigenvalue weighted by Gasteiger charge is 2.44. The summed E-state index contributed by atoms with van der Waals surface area (Å²) in [4.78, 5) is 13.5. The SMILES string of the molecule is Cc1[nH]c(=O)cc(F)c1C1OC(CO)C(O)C1O. The quantitative estimate of drug-likeness (QED) is 0.544. The normalized spacial score (nSPS) is 31.8. The molecule has 6 nitrogen and oxygen atoms in total. The van der Waals surface area contributed by atoms with Crippen molar-refractivity contribution in [3.05, 3.63) is 33.5 Å². The van der Waals surface area contributed by atoms with Crippen LogP contribution in [0.15, 0.2) is 10.9 Å². The summed E-state index contributed by atoms with van der Waals surface area (Å²) in [6.07, 6.45) is -4.75. The average molecular weight is 259 g/mol. The first-order valence-corrected chi connectivity index (χ1v) is 5.47. The molecule has 1 aliphatic rings. The Morgan fingerprint density at radius 3 is 2.61 bits per heavy atom. The molecule has 0 bridgehead atoms. The first-order chi connectivity index (χ1) is 8.45. The van der Waals surface area contributed by atoms with E-state index in [-0.39, 0.29) is 11.3 Å². The molecule has 0 amide bonds. The molecule has 0 radical (unpaired) electrons. The number of hydrogen-bond acceptors (Lipinski definition) is 5. The molecule has 1 fully saturated rings. The van der Waals surface area contributed by atoms with E-state index in [1.165, 1.54) is 6.92 Å². The molecule has 4 unspecified atom stereocenters. The molecule has 4 atom stereocenters. The highest BCUT2D eigenvalue weighted by molar-refractivity contribution is 5.26. The van der Waals surface area contributed by atoms with E-state index < -0.39 is 42.4 Å². The molecule has 0 saturated carbocycles. The van der Waals surface area contributed by atoms with Crippen molar-refractivity contribution in [1.82, 2.24) is 4.98 Å². The summed E-state index contributed by atoms with van der Waals surface area (Å²) in [7, 11) is 0. The third-order valence-corrected chi connectivity index (χ3v) is 3.06. The largest absolute Gasteiger partial charge is 0.394 e. The fourth-order valence-electron chi connectivity index (χ4n) is 2.15. The smallest absolute Gasteiger partial charge is 0.251 e. The zero-order chi connectivity index (χ0) is 13.4. The second kappa shape index (κ2) is 4.77. The van der Waals surface area contributed by atoms with Crippen LogP contribution in [0.2, 0.25) is 0 Å². The van der Waals surface area contributed by atoms with Crippen molar-refractivity contribution < 1.29 is 24.4 Å². The van der Waals surface area contributed by atoms with Gasteiger partial charge in [-0.2, -0.15) is 0 Å². The standard InChI is InChI=1S/C11H14FNO5/c1-4-8(5(12)2-7(15)13-4)11-10(17)9(16)6(3-14)18-11/h2,6,9-11,14,16-17H,3H2,1H3,(H,13,15). The van der Waals surface area contributed by atoms with Crippen LogP contribution in [-0.2, 0) is 4.74 Å². The zero-order valence-electron chi connectivity index (χ0n) is 9.63. The lowest BCUT2D eigenvalue weighted by molar-refractivity contribution is -0.0240. The van der Waals surface area contributed by atoms with Crippen molar-refractivity contribution in [2.75, 3.05) is 6.61 Å². The first-order valence-electron chi connectivity index (χ1n) is 5.47.